The molecule has 0 saturated carbocycles. The highest BCUT2D eigenvalue weighted by molar-refractivity contribution is 7.07. The van der Waals surface area contributed by atoms with Gasteiger partial charge in [-0.25, -0.2) is 4.98 Å². The Hall–Kier alpha value is -1.43. The fraction of sp³-hybridized carbons (Fsp3) is 0.400. The number of nitrogen functional groups attached to an aromatic ring is 1. The molecule has 3 heterocycles. The van der Waals surface area contributed by atoms with Crippen molar-refractivity contribution in [3.63, 3.8) is 0 Å². The zero-order valence-electron chi connectivity index (χ0n) is 11.3. The van der Waals surface area contributed by atoms with Crippen molar-refractivity contribution in [2.75, 3.05) is 25.4 Å². The molecule has 0 aliphatic carbocycles. The fourth-order valence-electron chi connectivity index (χ4n) is 2.93. The molecular weight excluding hydrogens is 270 g/mol. The summed E-state index contributed by atoms with van der Waals surface area (Å²) in [5.74, 6) is 1.32. The summed E-state index contributed by atoms with van der Waals surface area (Å²) in [6.07, 6.45) is 1.83. The van der Waals surface area contributed by atoms with Crippen molar-refractivity contribution < 1.29 is 5.11 Å². The van der Waals surface area contributed by atoms with Crippen LogP contribution in [0.3, 0.4) is 0 Å². The van der Waals surface area contributed by atoms with Crippen LogP contribution in [0.4, 0.5) is 5.82 Å². The predicted octanol–water partition coefficient (Wildman–Crippen LogP) is 1.93. The molecule has 1 saturated heterocycles. The van der Waals surface area contributed by atoms with Crippen LogP contribution in [0.1, 0.15) is 17.0 Å². The number of aromatic nitrogens is 1. The maximum Gasteiger partial charge on any atom is 0.123 e. The van der Waals surface area contributed by atoms with E-state index in [9.17, 15) is 5.11 Å². The lowest BCUT2D eigenvalue weighted by Crippen LogP contribution is -2.21. The highest BCUT2D eigenvalue weighted by atomic mass is 32.1. The quantitative estimate of drug-likeness (QED) is 0.903. The molecule has 3 rings (SSSR count). The normalized spacial score (nSPS) is 23.2. The third-order valence-electron chi connectivity index (χ3n) is 3.98. The first-order chi connectivity index (χ1) is 9.76. The number of rotatable bonds is 4. The molecule has 20 heavy (non-hydrogen) atoms. The summed E-state index contributed by atoms with van der Waals surface area (Å²) in [5, 5.41) is 13.9. The third-order valence-corrected chi connectivity index (χ3v) is 4.68. The van der Waals surface area contributed by atoms with E-state index in [0.717, 1.165) is 19.6 Å². The number of nitrogens with two attached hydrogens (primary N) is 1. The molecule has 0 aromatic carbocycles. The smallest absolute Gasteiger partial charge is 0.123 e. The van der Waals surface area contributed by atoms with Crippen LogP contribution in [0.2, 0.25) is 0 Å². The van der Waals surface area contributed by atoms with Gasteiger partial charge < -0.3 is 10.8 Å². The van der Waals surface area contributed by atoms with Gasteiger partial charge in [0.1, 0.15) is 5.82 Å². The Morgan fingerprint density at radius 2 is 2.25 bits per heavy atom. The summed E-state index contributed by atoms with van der Waals surface area (Å²) in [6.45, 7) is 3.04. The number of likely N-dealkylation sites (tertiary alicyclic amines) is 1. The van der Waals surface area contributed by atoms with Crippen LogP contribution in [0, 0.1) is 5.92 Å². The van der Waals surface area contributed by atoms with Gasteiger partial charge in [-0.15, -0.1) is 0 Å². The van der Waals surface area contributed by atoms with Crippen LogP contribution in [0.15, 0.2) is 35.2 Å². The average molecular weight is 289 g/mol. The fourth-order valence-corrected chi connectivity index (χ4v) is 3.65. The molecule has 1 fully saturated rings. The number of pyridine rings is 1. The second kappa shape index (κ2) is 5.91. The minimum absolute atomic E-state index is 0.247. The maximum absolute atomic E-state index is 9.60. The molecule has 0 bridgehead atoms. The molecule has 0 unspecified atom stereocenters. The van der Waals surface area contributed by atoms with Crippen LogP contribution < -0.4 is 5.73 Å². The Kier molecular flexibility index (Phi) is 4.00. The first kappa shape index (κ1) is 13.5. The standard InChI is InChI=1S/C15H19N3OS/c16-15-2-1-11(5-17-15)6-18-7-13(9-19)14(8-18)12-3-4-20-10-12/h1-5,10,13-14,19H,6-9H2,(H2,16,17)/t13-,14-/m0/s1. The largest absolute Gasteiger partial charge is 0.396 e. The second-order valence-corrected chi connectivity index (χ2v) is 6.17. The predicted molar refractivity (Wildman–Crippen MR) is 81.6 cm³/mol. The molecule has 3 N–H and O–H groups in total. The number of aliphatic hydroxyl groups excluding tert-OH is 1. The molecule has 106 valence electrons. The van der Waals surface area contributed by atoms with Crippen molar-refractivity contribution in [3.05, 3.63) is 46.3 Å². The Balaban J connectivity index is 1.69. The summed E-state index contributed by atoms with van der Waals surface area (Å²) >= 11 is 1.72. The van der Waals surface area contributed by atoms with E-state index >= 15 is 0 Å². The van der Waals surface area contributed by atoms with Crippen LogP contribution in [-0.4, -0.2) is 34.7 Å². The topological polar surface area (TPSA) is 62.4 Å². The molecule has 2 atom stereocenters. The van der Waals surface area contributed by atoms with Gasteiger partial charge in [-0.2, -0.15) is 11.3 Å². The molecule has 0 spiro atoms. The van der Waals surface area contributed by atoms with Gasteiger partial charge in [-0.3, -0.25) is 4.90 Å². The number of thiophene rings is 1. The minimum Gasteiger partial charge on any atom is -0.396 e. The second-order valence-electron chi connectivity index (χ2n) is 5.39. The van der Waals surface area contributed by atoms with E-state index in [0.29, 0.717) is 17.7 Å². The molecule has 0 amide bonds. The van der Waals surface area contributed by atoms with Crippen LogP contribution in [-0.2, 0) is 6.54 Å². The Morgan fingerprint density at radius 1 is 1.35 bits per heavy atom. The van der Waals surface area contributed by atoms with Gasteiger partial charge >= 0.3 is 0 Å². The van der Waals surface area contributed by atoms with Gasteiger partial charge in [0, 0.05) is 44.3 Å². The number of nitrogens with zero attached hydrogens (tertiary/aromatic N) is 2. The number of hydrogen-bond acceptors (Lipinski definition) is 5. The van der Waals surface area contributed by atoms with Gasteiger partial charge in [0.2, 0.25) is 0 Å². The molecule has 1 aliphatic rings. The molecule has 2 aromatic rings. The van der Waals surface area contributed by atoms with E-state index in [-0.39, 0.29) is 6.61 Å². The maximum atomic E-state index is 9.60. The lowest BCUT2D eigenvalue weighted by Gasteiger charge is -2.15. The van der Waals surface area contributed by atoms with E-state index in [1.165, 1.54) is 11.1 Å². The van der Waals surface area contributed by atoms with E-state index in [2.05, 4.69) is 26.7 Å². The van der Waals surface area contributed by atoms with Crippen LogP contribution >= 0.6 is 11.3 Å². The van der Waals surface area contributed by atoms with Crippen molar-refractivity contribution in [2.24, 2.45) is 5.92 Å². The van der Waals surface area contributed by atoms with Gasteiger partial charge in [0.05, 0.1) is 0 Å². The monoisotopic (exact) mass is 289 g/mol. The zero-order valence-corrected chi connectivity index (χ0v) is 12.1. The Bertz CT molecular complexity index is 541. The summed E-state index contributed by atoms with van der Waals surface area (Å²) in [4.78, 5) is 6.52. The Labute approximate surface area is 122 Å². The molecule has 0 radical (unpaired) electrons. The van der Waals surface area contributed by atoms with Crippen molar-refractivity contribution in [1.82, 2.24) is 9.88 Å². The van der Waals surface area contributed by atoms with Crippen molar-refractivity contribution in [2.45, 2.75) is 12.5 Å². The summed E-state index contributed by atoms with van der Waals surface area (Å²) in [5.41, 5.74) is 8.13. The van der Waals surface area contributed by atoms with Crippen molar-refractivity contribution in [3.8, 4) is 0 Å². The summed E-state index contributed by atoms with van der Waals surface area (Å²) < 4.78 is 0. The first-order valence-electron chi connectivity index (χ1n) is 6.82. The van der Waals surface area contributed by atoms with Crippen molar-refractivity contribution >= 4 is 17.2 Å². The number of anilines is 1. The van der Waals surface area contributed by atoms with Gasteiger partial charge in [-0.05, 0) is 34.0 Å². The zero-order chi connectivity index (χ0) is 13.9. The van der Waals surface area contributed by atoms with E-state index in [4.69, 9.17) is 5.73 Å². The molecule has 1 aliphatic heterocycles. The third kappa shape index (κ3) is 2.85. The van der Waals surface area contributed by atoms with E-state index < -0.39 is 0 Å². The van der Waals surface area contributed by atoms with Gasteiger partial charge in [0.15, 0.2) is 0 Å². The van der Waals surface area contributed by atoms with Gasteiger partial charge in [0.25, 0.3) is 0 Å². The van der Waals surface area contributed by atoms with Crippen LogP contribution in [0.25, 0.3) is 0 Å². The van der Waals surface area contributed by atoms with Crippen molar-refractivity contribution in [1.29, 1.82) is 0 Å². The summed E-state index contributed by atoms with van der Waals surface area (Å²) in [7, 11) is 0. The lowest BCUT2D eigenvalue weighted by molar-refractivity contribution is 0.214. The molecule has 4 nitrogen and oxygen atoms in total. The molecule has 2 aromatic heterocycles. The van der Waals surface area contributed by atoms with Crippen LogP contribution in [0.5, 0.6) is 0 Å². The van der Waals surface area contributed by atoms with Gasteiger partial charge in [-0.1, -0.05) is 6.07 Å². The minimum atomic E-state index is 0.247. The summed E-state index contributed by atoms with van der Waals surface area (Å²) in [6, 6.07) is 6.03. The highest BCUT2D eigenvalue weighted by Crippen LogP contribution is 2.34. The number of aliphatic hydroxyl groups is 1. The van der Waals surface area contributed by atoms with E-state index in [1.54, 1.807) is 11.3 Å². The Morgan fingerprint density at radius 3 is 2.90 bits per heavy atom. The SMILES string of the molecule is Nc1ccc(CN2C[C@@H](CO)[C@H](c3ccsc3)C2)cn1. The average Bonchev–Trinajstić information content (AvgIpc) is 3.10. The highest BCUT2D eigenvalue weighted by Gasteiger charge is 2.33. The lowest BCUT2D eigenvalue weighted by atomic mass is 9.92. The number of hydrogen-bond donors (Lipinski definition) is 2. The first-order valence-corrected chi connectivity index (χ1v) is 7.76. The molecule has 5 heteroatoms. The van der Waals surface area contributed by atoms with E-state index in [1.807, 2.05) is 18.3 Å². The molecular formula is C15H19N3OS.